The Labute approximate surface area is 113 Å². The Morgan fingerprint density at radius 3 is 2.45 bits per heavy atom. The van der Waals surface area contributed by atoms with Crippen LogP contribution in [-0.2, 0) is 4.79 Å². The number of aliphatic carboxylic acids is 1. The summed E-state index contributed by atoms with van der Waals surface area (Å²) in [5.41, 5.74) is 0. The second-order valence-electron chi connectivity index (χ2n) is 2.85. The van der Waals surface area contributed by atoms with Crippen LogP contribution in [0.25, 0.3) is 0 Å². The minimum Gasteiger partial charge on any atom is -0.548 e. The van der Waals surface area contributed by atoms with Gasteiger partial charge in [-0.3, -0.25) is 5.32 Å². The molecule has 0 aromatic heterocycles. The zero-order valence-corrected chi connectivity index (χ0v) is 10.9. The summed E-state index contributed by atoms with van der Waals surface area (Å²) in [4.78, 5) is 10.4. The summed E-state index contributed by atoms with van der Waals surface area (Å²) >= 11 is 1.60. The molecule has 0 saturated carbocycles. The summed E-state index contributed by atoms with van der Waals surface area (Å²) in [6.07, 6.45) is 0. The molecule has 1 atom stereocenters. The first-order valence-corrected chi connectivity index (χ1v) is 4.11. The number of nitrogens with one attached hydrogen (secondary N) is 1. The maximum atomic E-state index is 10.4. The van der Waals surface area contributed by atoms with E-state index in [0.29, 0.717) is 5.88 Å². The molecule has 0 unspecified atom stereocenters. The largest absolute Gasteiger partial charge is 1.00 e. The van der Waals surface area contributed by atoms with Gasteiger partial charge in [-0.15, -0.1) is 11.8 Å². The number of carbonyl (C=O) groups excluding carboxylic acids is 1. The SMILES string of the molecule is CC1(C)SCN[C@H]1C(=O)[O-].[K+]. The van der Waals surface area contributed by atoms with Crippen molar-refractivity contribution < 1.29 is 61.3 Å². The molecule has 0 aliphatic carbocycles. The number of hydrogen-bond donors (Lipinski definition) is 1. The van der Waals surface area contributed by atoms with Gasteiger partial charge in [-0.25, -0.2) is 0 Å². The van der Waals surface area contributed by atoms with Crippen LogP contribution in [0, 0.1) is 0 Å². The molecule has 5 heteroatoms. The molecule has 1 rings (SSSR count). The zero-order chi connectivity index (χ0) is 7.78. The van der Waals surface area contributed by atoms with E-state index in [9.17, 15) is 9.90 Å². The van der Waals surface area contributed by atoms with Crippen molar-refractivity contribution in [3.63, 3.8) is 0 Å². The van der Waals surface area contributed by atoms with Crippen molar-refractivity contribution in [2.24, 2.45) is 0 Å². The van der Waals surface area contributed by atoms with Gasteiger partial charge in [-0.2, -0.15) is 0 Å². The van der Waals surface area contributed by atoms with Gasteiger partial charge < -0.3 is 9.90 Å². The number of carbonyl (C=O) groups is 1. The molecule has 1 fully saturated rings. The summed E-state index contributed by atoms with van der Waals surface area (Å²) in [6.45, 7) is 3.80. The first-order valence-electron chi connectivity index (χ1n) is 3.12. The Kier molecular flexibility index (Phi) is 5.19. The second-order valence-corrected chi connectivity index (χ2v) is 4.48. The Morgan fingerprint density at radius 2 is 2.27 bits per heavy atom. The van der Waals surface area contributed by atoms with Crippen LogP contribution < -0.4 is 61.8 Å². The van der Waals surface area contributed by atoms with Gasteiger partial charge >= 0.3 is 51.4 Å². The zero-order valence-electron chi connectivity index (χ0n) is 7.01. The van der Waals surface area contributed by atoms with E-state index in [1.165, 1.54) is 0 Å². The predicted octanol–water partition coefficient (Wildman–Crippen LogP) is -3.82. The summed E-state index contributed by atoms with van der Waals surface area (Å²) in [7, 11) is 0. The van der Waals surface area contributed by atoms with E-state index in [2.05, 4.69) is 5.32 Å². The van der Waals surface area contributed by atoms with E-state index in [-0.39, 0.29) is 56.1 Å². The van der Waals surface area contributed by atoms with Gasteiger partial charge in [0.25, 0.3) is 0 Å². The minimum atomic E-state index is -1.00. The summed E-state index contributed by atoms with van der Waals surface area (Å²) < 4.78 is -0.223. The summed E-state index contributed by atoms with van der Waals surface area (Å²) in [5.74, 6) is -0.305. The van der Waals surface area contributed by atoms with E-state index >= 15 is 0 Å². The van der Waals surface area contributed by atoms with Crippen LogP contribution in [-0.4, -0.2) is 22.6 Å². The van der Waals surface area contributed by atoms with Crippen molar-refractivity contribution in [3.05, 3.63) is 0 Å². The average molecular weight is 199 g/mol. The quantitative estimate of drug-likeness (QED) is 0.440. The van der Waals surface area contributed by atoms with Crippen molar-refractivity contribution in [1.82, 2.24) is 5.32 Å². The number of thioether (sulfide) groups is 1. The number of rotatable bonds is 1. The van der Waals surface area contributed by atoms with Gasteiger partial charge in [-0.1, -0.05) is 0 Å². The van der Waals surface area contributed by atoms with Gasteiger partial charge in [-0.05, 0) is 13.8 Å². The molecule has 1 heterocycles. The minimum absolute atomic E-state index is 0. The summed E-state index contributed by atoms with van der Waals surface area (Å²) in [6, 6.07) is -0.502. The van der Waals surface area contributed by atoms with Gasteiger partial charge in [0.1, 0.15) is 0 Å². The van der Waals surface area contributed by atoms with Crippen LogP contribution in [0.5, 0.6) is 0 Å². The molecule has 11 heavy (non-hydrogen) atoms. The van der Waals surface area contributed by atoms with Gasteiger partial charge in [0.15, 0.2) is 0 Å². The Bertz CT molecular complexity index is 163. The summed E-state index contributed by atoms with van der Waals surface area (Å²) in [5, 5.41) is 13.3. The normalized spacial score (nSPS) is 27.6. The fourth-order valence-corrected chi connectivity index (χ4v) is 1.98. The van der Waals surface area contributed by atoms with Crippen molar-refractivity contribution in [1.29, 1.82) is 0 Å². The van der Waals surface area contributed by atoms with E-state index in [1.807, 2.05) is 13.8 Å². The van der Waals surface area contributed by atoms with E-state index < -0.39 is 12.0 Å². The van der Waals surface area contributed by atoms with Crippen LogP contribution >= 0.6 is 11.8 Å². The van der Waals surface area contributed by atoms with Crippen molar-refractivity contribution in [3.8, 4) is 0 Å². The first-order chi connectivity index (χ1) is 4.54. The molecular formula is C6H10KNO2S. The van der Waals surface area contributed by atoms with Crippen molar-refractivity contribution >= 4 is 17.7 Å². The smallest absolute Gasteiger partial charge is 0.548 e. The van der Waals surface area contributed by atoms with E-state index in [1.54, 1.807) is 11.8 Å². The molecule has 1 saturated heterocycles. The second kappa shape index (κ2) is 4.60. The molecular weight excluding hydrogens is 189 g/mol. The Balaban J connectivity index is 0.000001000. The predicted molar refractivity (Wildman–Crippen MR) is 38.5 cm³/mol. The molecule has 0 amide bonds. The number of hydrogen-bond acceptors (Lipinski definition) is 4. The standard InChI is InChI=1S/C6H11NO2S.K/c1-6(2)4(5(8)9)7-3-10-6;/h4,7H,3H2,1-2H3,(H,8,9);/q;+1/p-1/t4-;/m0./s1. The molecule has 0 spiro atoms. The molecule has 0 radical (unpaired) electrons. The van der Waals surface area contributed by atoms with Crippen molar-refractivity contribution in [2.45, 2.75) is 24.6 Å². The van der Waals surface area contributed by atoms with Crippen molar-refractivity contribution in [2.75, 3.05) is 5.88 Å². The molecule has 1 aliphatic rings. The van der Waals surface area contributed by atoms with E-state index in [0.717, 1.165) is 0 Å². The fourth-order valence-electron chi connectivity index (χ4n) is 1.01. The number of carboxylic acids is 1. The van der Waals surface area contributed by atoms with E-state index in [4.69, 9.17) is 0 Å². The van der Waals surface area contributed by atoms with Gasteiger partial charge in [0, 0.05) is 10.6 Å². The van der Waals surface area contributed by atoms with Crippen LogP contribution in [0.4, 0.5) is 0 Å². The maximum absolute atomic E-state index is 10.4. The molecule has 1 aliphatic heterocycles. The third-order valence-corrected chi connectivity index (χ3v) is 2.95. The molecule has 0 aromatic carbocycles. The third kappa shape index (κ3) is 2.98. The molecule has 0 aromatic rings. The fraction of sp³-hybridized carbons (Fsp3) is 0.833. The first kappa shape index (κ1) is 12.4. The Morgan fingerprint density at radius 1 is 1.73 bits per heavy atom. The topological polar surface area (TPSA) is 52.2 Å². The van der Waals surface area contributed by atoms with Gasteiger partial charge in [0.2, 0.25) is 0 Å². The number of carboxylic acid groups (broad SMARTS) is 1. The molecule has 3 nitrogen and oxygen atoms in total. The molecule has 0 bridgehead atoms. The van der Waals surface area contributed by atoms with Crippen LogP contribution in [0.15, 0.2) is 0 Å². The van der Waals surface area contributed by atoms with Crippen LogP contribution in [0.1, 0.15) is 13.8 Å². The third-order valence-electron chi connectivity index (χ3n) is 1.66. The maximum Gasteiger partial charge on any atom is 1.00 e. The molecule has 58 valence electrons. The van der Waals surface area contributed by atoms with Crippen LogP contribution in [0.2, 0.25) is 0 Å². The Hall–Kier alpha value is 1.42. The monoisotopic (exact) mass is 199 g/mol. The molecule has 1 N–H and O–H groups in total. The average Bonchev–Trinajstić information content (AvgIpc) is 2.08. The van der Waals surface area contributed by atoms with Crippen LogP contribution in [0.3, 0.4) is 0 Å². The van der Waals surface area contributed by atoms with Gasteiger partial charge in [0.05, 0.1) is 12.0 Å².